The van der Waals surface area contributed by atoms with Crippen LogP contribution in [0.4, 0.5) is 9.59 Å². The SMILES string of the molecule is CC[C@@H](/C=N/NC(=O)NCC1CCC(C(=O)NCc2ccc(C)cc2)CC1)NC(=O)OCC1c2ccccc2-c2ccccc21. The predicted molar refractivity (Wildman–Crippen MR) is 176 cm³/mol. The molecular weight excluding hydrogens is 566 g/mol. The maximum Gasteiger partial charge on any atom is 0.407 e. The Labute approximate surface area is 265 Å². The van der Waals surface area contributed by atoms with Crippen molar-refractivity contribution in [3.05, 3.63) is 95.1 Å². The first kappa shape index (κ1) is 31.8. The van der Waals surface area contributed by atoms with Gasteiger partial charge in [-0.15, -0.1) is 0 Å². The molecule has 0 aromatic heterocycles. The monoisotopic (exact) mass is 609 g/mol. The molecule has 2 aliphatic rings. The second-order valence-electron chi connectivity index (χ2n) is 12.0. The number of hydrazone groups is 1. The van der Waals surface area contributed by atoms with Crippen molar-refractivity contribution in [3.8, 4) is 11.1 Å². The summed E-state index contributed by atoms with van der Waals surface area (Å²) in [6, 6.07) is 23.8. The summed E-state index contributed by atoms with van der Waals surface area (Å²) in [7, 11) is 0. The van der Waals surface area contributed by atoms with E-state index in [1.54, 1.807) is 0 Å². The Morgan fingerprint density at radius 2 is 1.53 bits per heavy atom. The Kier molecular flexibility index (Phi) is 10.8. The summed E-state index contributed by atoms with van der Waals surface area (Å²) in [4.78, 5) is 37.6. The fourth-order valence-electron chi connectivity index (χ4n) is 6.17. The number of hydrogen-bond donors (Lipinski definition) is 4. The number of benzene rings is 3. The third kappa shape index (κ3) is 8.50. The molecule has 3 aromatic rings. The molecule has 45 heavy (non-hydrogen) atoms. The van der Waals surface area contributed by atoms with E-state index in [0.29, 0.717) is 25.4 Å². The van der Waals surface area contributed by atoms with Gasteiger partial charge < -0.3 is 20.7 Å². The molecule has 3 aromatic carbocycles. The zero-order valence-corrected chi connectivity index (χ0v) is 26.1. The Morgan fingerprint density at radius 3 is 2.18 bits per heavy atom. The molecule has 5 rings (SSSR count). The zero-order chi connectivity index (χ0) is 31.6. The van der Waals surface area contributed by atoms with Gasteiger partial charge in [0.25, 0.3) is 0 Å². The van der Waals surface area contributed by atoms with E-state index in [9.17, 15) is 14.4 Å². The van der Waals surface area contributed by atoms with Crippen LogP contribution in [-0.2, 0) is 16.1 Å². The van der Waals surface area contributed by atoms with Gasteiger partial charge in [0.2, 0.25) is 5.91 Å². The second kappa shape index (κ2) is 15.4. The lowest BCUT2D eigenvalue weighted by Gasteiger charge is -2.27. The van der Waals surface area contributed by atoms with Crippen LogP contribution in [0, 0.1) is 18.8 Å². The molecule has 0 radical (unpaired) electrons. The van der Waals surface area contributed by atoms with Crippen molar-refractivity contribution in [2.45, 2.75) is 64.5 Å². The highest BCUT2D eigenvalue weighted by Gasteiger charge is 2.29. The standard InChI is InChI=1S/C36H43N5O4/c1-3-28(40-36(44)45-23-33-31-10-6-4-8-29(31)30-9-5-7-11-32(30)33)22-39-41-35(43)38-21-26-16-18-27(19-17-26)34(42)37-20-25-14-12-24(2)13-15-25/h4-15,22,26-28,33H,3,16-21,23H2,1-2H3,(H,37,42)(H,40,44)(H2,38,41,43)/b39-22+/t26?,27?,28-/m0/s1. The number of nitrogens with one attached hydrogen (secondary N) is 4. The Morgan fingerprint density at radius 1 is 0.889 bits per heavy atom. The van der Waals surface area contributed by atoms with Gasteiger partial charge in [0, 0.05) is 31.1 Å². The topological polar surface area (TPSA) is 121 Å². The van der Waals surface area contributed by atoms with Gasteiger partial charge in [0.05, 0.1) is 6.04 Å². The van der Waals surface area contributed by atoms with E-state index in [1.807, 2.05) is 62.4 Å². The number of urea groups is 1. The predicted octanol–water partition coefficient (Wildman–Crippen LogP) is 6.02. The smallest absolute Gasteiger partial charge is 0.407 e. The number of hydrogen-bond acceptors (Lipinski definition) is 5. The van der Waals surface area contributed by atoms with Gasteiger partial charge in [0.15, 0.2) is 0 Å². The molecule has 4 amide bonds. The molecule has 0 aliphatic heterocycles. The van der Waals surface area contributed by atoms with E-state index < -0.39 is 18.2 Å². The van der Waals surface area contributed by atoms with Crippen LogP contribution < -0.4 is 21.4 Å². The van der Waals surface area contributed by atoms with Gasteiger partial charge in [-0.05, 0) is 72.8 Å². The zero-order valence-electron chi connectivity index (χ0n) is 26.1. The van der Waals surface area contributed by atoms with Crippen molar-refractivity contribution in [3.63, 3.8) is 0 Å². The van der Waals surface area contributed by atoms with Crippen molar-refractivity contribution >= 4 is 24.2 Å². The average Bonchev–Trinajstić information content (AvgIpc) is 3.39. The molecule has 1 saturated carbocycles. The number of rotatable bonds is 11. The molecule has 2 aliphatic carbocycles. The highest BCUT2D eigenvalue weighted by atomic mass is 16.5. The van der Waals surface area contributed by atoms with Gasteiger partial charge in [-0.2, -0.15) is 5.10 Å². The van der Waals surface area contributed by atoms with Gasteiger partial charge in [0.1, 0.15) is 6.61 Å². The number of aryl methyl sites for hydroxylation is 1. The first-order chi connectivity index (χ1) is 21.9. The molecule has 1 atom stereocenters. The fraction of sp³-hybridized carbons (Fsp3) is 0.389. The van der Waals surface area contributed by atoms with E-state index in [4.69, 9.17) is 4.74 Å². The molecule has 1 fully saturated rings. The molecule has 4 N–H and O–H groups in total. The van der Waals surface area contributed by atoms with E-state index >= 15 is 0 Å². The molecule has 0 bridgehead atoms. The number of carbonyl (C=O) groups excluding carboxylic acids is 3. The van der Waals surface area contributed by atoms with Crippen LogP contribution in [0.3, 0.4) is 0 Å². The minimum atomic E-state index is -0.529. The molecule has 0 unspecified atom stereocenters. The molecule has 9 heteroatoms. The third-order valence-corrected chi connectivity index (χ3v) is 8.86. The Hall–Kier alpha value is -4.66. The van der Waals surface area contributed by atoms with E-state index in [1.165, 1.54) is 22.9 Å². The normalized spacial score (nSPS) is 18.0. The molecule has 236 valence electrons. The fourth-order valence-corrected chi connectivity index (χ4v) is 6.17. The van der Waals surface area contributed by atoms with Crippen LogP contribution >= 0.6 is 0 Å². The quantitative estimate of drug-likeness (QED) is 0.157. The third-order valence-electron chi connectivity index (χ3n) is 8.86. The number of alkyl carbamates (subject to hydrolysis) is 1. The number of amides is 4. The Bertz CT molecular complexity index is 1450. The molecular formula is C36H43N5O4. The lowest BCUT2D eigenvalue weighted by molar-refractivity contribution is -0.126. The van der Waals surface area contributed by atoms with Crippen LogP contribution in [0.15, 0.2) is 77.9 Å². The molecule has 0 spiro atoms. The van der Waals surface area contributed by atoms with Crippen molar-refractivity contribution in [1.29, 1.82) is 0 Å². The van der Waals surface area contributed by atoms with Crippen LogP contribution in [0.5, 0.6) is 0 Å². The van der Waals surface area contributed by atoms with Crippen LogP contribution in [0.25, 0.3) is 11.1 Å². The molecule has 9 nitrogen and oxygen atoms in total. The largest absolute Gasteiger partial charge is 0.449 e. The lowest BCUT2D eigenvalue weighted by atomic mass is 9.81. The summed E-state index contributed by atoms with van der Waals surface area (Å²) >= 11 is 0. The highest BCUT2D eigenvalue weighted by Crippen LogP contribution is 2.44. The lowest BCUT2D eigenvalue weighted by Crippen LogP contribution is -2.40. The first-order valence-corrected chi connectivity index (χ1v) is 15.9. The van der Waals surface area contributed by atoms with Crippen molar-refractivity contribution in [2.24, 2.45) is 16.9 Å². The van der Waals surface area contributed by atoms with Gasteiger partial charge in [-0.3, -0.25) is 4.79 Å². The van der Waals surface area contributed by atoms with Crippen LogP contribution in [0.2, 0.25) is 0 Å². The number of ether oxygens (including phenoxy) is 1. The number of nitrogens with zero attached hydrogens (tertiary/aromatic N) is 1. The second-order valence-corrected chi connectivity index (χ2v) is 12.0. The summed E-state index contributed by atoms with van der Waals surface area (Å²) in [5.41, 5.74) is 9.44. The molecule has 0 heterocycles. The van der Waals surface area contributed by atoms with Crippen LogP contribution in [-0.4, -0.2) is 43.4 Å². The van der Waals surface area contributed by atoms with Crippen LogP contribution in [0.1, 0.15) is 67.2 Å². The number of fused-ring (bicyclic) bond motifs is 3. The van der Waals surface area contributed by atoms with Gasteiger partial charge >= 0.3 is 12.1 Å². The van der Waals surface area contributed by atoms with E-state index in [2.05, 4.69) is 50.7 Å². The highest BCUT2D eigenvalue weighted by molar-refractivity contribution is 5.80. The Balaban J connectivity index is 0.978. The number of carbonyl (C=O) groups is 3. The maximum atomic E-state index is 12.6. The summed E-state index contributed by atoms with van der Waals surface area (Å²) < 4.78 is 5.63. The summed E-state index contributed by atoms with van der Waals surface area (Å²) in [6.07, 6.45) is 4.94. The minimum Gasteiger partial charge on any atom is -0.449 e. The van der Waals surface area contributed by atoms with E-state index in [-0.39, 0.29) is 24.3 Å². The van der Waals surface area contributed by atoms with E-state index in [0.717, 1.165) is 42.4 Å². The molecule has 0 saturated heterocycles. The summed E-state index contributed by atoms with van der Waals surface area (Å²) in [5, 5.41) is 12.8. The maximum absolute atomic E-state index is 12.6. The van der Waals surface area contributed by atoms with Gasteiger partial charge in [-0.1, -0.05) is 85.3 Å². The van der Waals surface area contributed by atoms with Crippen molar-refractivity contribution < 1.29 is 19.1 Å². The van der Waals surface area contributed by atoms with Crippen molar-refractivity contribution in [2.75, 3.05) is 13.2 Å². The van der Waals surface area contributed by atoms with Gasteiger partial charge in [-0.25, -0.2) is 15.0 Å². The minimum absolute atomic E-state index is 0.0140. The summed E-state index contributed by atoms with van der Waals surface area (Å²) in [6.45, 7) is 5.26. The first-order valence-electron chi connectivity index (χ1n) is 15.9. The van der Waals surface area contributed by atoms with Crippen molar-refractivity contribution in [1.82, 2.24) is 21.4 Å². The summed E-state index contributed by atoms with van der Waals surface area (Å²) in [5.74, 6) is 0.421. The average molecular weight is 610 g/mol.